The van der Waals surface area contributed by atoms with Gasteiger partial charge in [0.05, 0.1) is 36.9 Å². The average Bonchev–Trinajstić information content (AvgIpc) is 3.16. The number of hydrogen-bond donors (Lipinski definition) is 16. The number of carbonyl (C=O) groups excluding carboxylic acids is 1. The van der Waals surface area contributed by atoms with E-state index in [0.717, 1.165) is 0 Å². The van der Waals surface area contributed by atoms with Crippen LogP contribution in [0, 0.1) is 10.8 Å². The molecule has 3 rings (SSSR count). The van der Waals surface area contributed by atoms with Crippen LogP contribution in [0.2, 0.25) is 0 Å². The number of aliphatic hydroxyl groups is 7. The normalized spacial score (nSPS) is 40.7. The Bertz CT molecular complexity index is 1140. The first-order valence-corrected chi connectivity index (χ1v) is 14.5. The number of nitrogens with one attached hydrogen (secondary N) is 5. The molecule has 48 heavy (non-hydrogen) atoms. The highest BCUT2D eigenvalue weighted by Crippen LogP contribution is 2.37. The molecule has 1 saturated carbocycles. The van der Waals surface area contributed by atoms with E-state index in [1.807, 2.05) is 0 Å². The number of carbonyl (C=O) groups is 1. The second kappa shape index (κ2) is 19.0. The van der Waals surface area contributed by atoms with Gasteiger partial charge in [0, 0.05) is 0 Å². The lowest BCUT2D eigenvalue weighted by molar-refractivity contribution is -0.314. The Morgan fingerprint density at radius 1 is 0.854 bits per heavy atom. The van der Waals surface area contributed by atoms with E-state index >= 15 is 0 Å². The minimum atomic E-state index is -4.67. The quantitative estimate of drug-likeness (QED) is 0.0452. The maximum atomic E-state index is 12.1. The fraction of sp³-hybridized carbons (Fsp3) is 0.857. The average molecular weight is 734 g/mol. The maximum Gasteiger partial charge on any atom is 0.394 e. The zero-order chi connectivity index (χ0) is 34.6. The summed E-state index contributed by atoms with van der Waals surface area (Å²) < 4.78 is 54.5. The third kappa shape index (κ3) is 11.0. The molecule has 27 heteroatoms. The Kier molecular flexibility index (Phi) is 18.9. The standard InChI is InChI=1S/C21H39N7O12.H2O4S.3H2O/c1-5-21(36,4-30)16(40-17-9(26-2)13(34)10(31)6(3-29)38-17)18(37-5)39-15-8(28-20(24)25)11(32)7(27-19(22)23)12(33)14(15)35;1-5(2,3)4;;;/h4-18,26,29,31-36H,3H2,1-2H3,(H4,22,23,27)(H4,24,25,28);(H2,1,2,3,4);3*1H2/t5-,6-,7+,8-,9-,10-,11+,12-,13-,14+,15+,16-,17-,18-,21+;;;;/m0..../s1. The van der Waals surface area contributed by atoms with Gasteiger partial charge in [0.25, 0.3) is 0 Å². The lowest BCUT2D eigenvalue weighted by Crippen LogP contribution is -2.73. The van der Waals surface area contributed by atoms with Gasteiger partial charge in [0.1, 0.15) is 42.7 Å². The first kappa shape index (κ1) is 47.6. The number of aliphatic hydroxyl groups excluding tert-OH is 6. The van der Waals surface area contributed by atoms with Gasteiger partial charge in [-0.05, 0) is 14.0 Å². The lowest BCUT2D eigenvalue weighted by atomic mass is 9.81. The molecule has 1 aliphatic carbocycles. The molecular formula is C21H47N7O19S. The van der Waals surface area contributed by atoms with Gasteiger partial charge in [-0.3, -0.25) is 24.7 Å². The number of ether oxygens (including phenoxy) is 4. The van der Waals surface area contributed by atoms with Gasteiger partial charge >= 0.3 is 10.4 Å². The number of nitrogens with two attached hydrogens (primary N) is 2. The summed E-state index contributed by atoms with van der Waals surface area (Å²) in [7, 11) is -3.25. The van der Waals surface area contributed by atoms with Gasteiger partial charge in [-0.1, -0.05) is 0 Å². The fourth-order valence-electron chi connectivity index (χ4n) is 5.18. The Labute approximate surface area is 272 Å². The van der Waals surface area contributed by atoms with Crippen LogP contribution in [0.5, 0.6) is 0 Å². The molecule has 286 valence electrons. The topological polar surface area (TPSA) is 501 Å². The van der Waals surface area contributed by atoms with Crippen LogP contribution >= 0.6 is 0 Å². The van der Waals surface area contributed by atoms with Gasteiger partial charge < -0.3 is 98.5 Å². The molecule has 0 aromatic rings. The lowest BCUT2D eigenvalue weighted by Gasteiger charge is -2.47. The second-order valence-electron chi connectivity index (χ2n) is 10.4. The van der Waals surface area contributed by atoms with Crippen molar-refractivity contribution in [1.82, 2.24) is 16.0 Å². The Hall–Kier alpha value is -2.52. The first-order valence-electron chi connectivity index (χ1n) is 13.1. The summed E-state index contributed by atoms with van der Waals surface area (Å²) in [4.78, 5) is 12.1. The summed E-state index contributed by atoms with van der Waals surface area (Å²) in [6, 6.07) is -3.95. The van der Waals surface area contributed by atoms with Crippen molar-refractivity contribution in [2.75, 3.05) is 13.7 Å². The molecule has 0 aromatic carbocycles. The number of hydrogen-bond acceptors (Lipinski definition) is 17. The SMILES string of the molecule is CN[C@@H]1[C@H](O[C@H]2[C@H](O[C@H]3[C@H](O)[C@@H](O)[C@H](NC(=N)N)[C@@H](O)[C@@H]3NC(=N)N)O[C@@H](C)[C@]2(O)C=O)O[C@@H](CO)[C@H](O)[C@H]1O.O.O.O.O=S(=O)(O)O. The third-order valence-corrected chi connectivity index (χ3v) is 7.46. The van der Waals surface area contributed by atoms with E-state index in [9.17, 15) is 40.5 Å². The van der Waals surface area contributed by atoms with E-state index in [1.165, 1.54) is 14.0 Å². The van der Waals surface area contributed by atoms with E-state index in [4.69, 9.17) is 58.8 Å². The monoisotopic (exact) mass is 733 g/mol. The molecule has 15 atom stereocenters. The number of aldehydes is 1. The summed E-state index contributed by atoms with van der Waals surface area (Å²) in [5.41, 5.74) is 8.38. The van der Waals surface area contributed by atoms with Crippen LogP contribution in [-0.4, -0.2) is 193 Å². The van der Waals surface area contributed by atoms with E-state index in [0.29, 0.717) is 0 Å². The van der Waals surface area contributed by atoms with E-state index in [2.05, 4.69) is 16.0 Å². The van der Waals surface area contributed by atoms with Gasteiger partial charge in [0.15, 0.2) is 36.4 Å². The van der Waals surface area contributed by atoms with Crippen LogP contribution < -0.4 is 27.4 Å². The molecule has 2 aliphatic heterocycles. The molecule has 0 radical (unpaired) electrons. The summed E-state index contributed by atoms with van der Waals surface area (Å²) in [6.07, 6.45) is -17.3. The first-order chi connectivity index (χ1) is 20.7. The summed E-state index contributed by atoms with van der Waals surface area (Å²) in [6.45, 7) is 0.613. The summed E-state index contributed by atoms with van der Waals surface area (Å²) >= 11 is 0. The number of rotatable bonds is 9. The summed E-state index contributed by atoms with van der Waals surface area (Å²) in [5, 5.41) is 96.4. The highest BCUT2D eigenvalue weighted by molar-refractivity contribution is 7.79. The van der Waals surface area contributed by atoms with Gasteiger partial charge in [-0.15, -0.1) is 0 Å². The Balaban J connectivity index is 0. The maximum absolute atomic E-state index is 12.1. The third-order valence-electron chi connectivity index (χ3n) is 7.46. The van der Waals surface area contributed by atoms with E-state index in [-0.39, 0.29) is 22.7 Å². The van der Waals surface area contributed by atoms with Gasteiger partial charge in [0.2, 0.25) is 0 Å². The van der Waals surface area contributed by atoms with Crippen LogP contribution in [0.3, 0.4) is 0 Å². The van der Waals surface area contributed by atoms with Crippen molar-refractivity contribution in [3.63, 3.8) is 0 Å². The predicted molar refractivity (Wildman–Crippen MR) is 156 cm³/mol. The number of guanidine groups is 2. The predicted octanol–water partition coefficient (Wildman–Crippen LogP) is -10.9. The van der Waals surface area contributed by atoms with Gasteiger partial charge in [-0.2, -0.15) is 8.42 Å². The molecule has 2 heterocycles. The molecule has 0 amide bonds. The Morgan fingerprint density at radius 2 is 1.33 bits per heavy atom. The van der Waals surface area contributed by atoms with Crippen molar-refractivity contribution in [3.8, 4) is 0 Å². The molecule has 0 unspecified atom stereocenters. The van der Waals surface area contributed by atoms with Crippen LogP contribution in [-0.2, 0) is 34.1 Å². The molecule has 0 aromatic heterocycles. The van der Waals surface area contributed by atoms with Crippen molar-refractivity contribution in [1.29, 1.82) is 10.8 Å². The van der Waals surface area contributed by atoms with Crippen molar-refractivity contribution in [2.24, 2.45) is 11.5 Å². The molecule has 3 fully saturated rings. The van der Waals surface area contributed by atoms with Crippen LogP contribution in [0.1, 0.15) is 6.92 Å². The zero-order valence-corrected chi connectivity index (χ0v) is 26.1. The van der Waals surface area contributed by atoms with Crippen LogP contribution in [0.25, 0.3) is 0 Å². The largest absolute Gasteiger partial charge is 0.412 e. The van der Waals surface area contributed by atoms with Crippen molar-refractivity contribution in [2.45, 2.75) is 98.2 Å². The molecule has 0 spiro atoms. The zero-order valence-electron chi connectivity index (χ0n) is 25.3. The molecule has 26 nitrogen and oxygen atoms in total. The minimum absolute atomic E-state index is 0. The highest BCUT2D eigenvalue weighted by atomic mass is 32.3. The number of likely N-dealkylation sites (N-methyl/N-ethyl adjacent to an activating group) is 1. The van der Waals surface area contributed by atoms with Crippen molar-refractivity contribution < 1.29 is 93.4 Å². The molecule has 0 bridgehead atoms. The Morgan fingerprint density at radius 3 is 1.77 bits per heavy atom. The van der Waals surface area contributed by atoms with Gasteiger partial charge in [-0.25, -0.2) is 0 Å². The van der Waals surface area contributed by atoms with Crippen molar-refractivity contribution >= 4 is 28.6 Å². The molecular weight excluding hydrogens is 686 g/mol. The summed E-state index contributed by atoms with van der Waals surface area (Å²) in [5.74, 6) is -1.29. The fourth-order valence-corrected chi connectivity index (χ4v) is 5.18. The second-order valence-corrected chi connectivity index (χ2v) is 11.3. The van der Waals surface area contributed by atoms with Crippen LogP contribution in [0.4, 0.5) is 0 Å². The molecule has 3 aliphatic rings. The van der Waals surface area contributed by atoms with Crippen molar-refractivity contribution in [3.05, 3.63) is 0 Å². The minimum Gasteiger partial charge on any atom is -0.412 e. The molecule has 2 saturated heterocycles. The highest BCUT2D eigenvalue weighted by Gasteiger charge is 2.60. The smallest absolute Gasteiger partial charge is 0.394 e. The van der Waals surface area contributed by atoms with Crippen LogP contribution in [0.15, 0.2) is 0 Å². The van der Waals surface area contributed by atoms with E-state index in [1.54, 1.807) is 0 Å². The van der Waals surface area contributed by atoms with E-state index < -0.39 is 120 Å². The molecule has 24 N–H and O–H groups in total.